The van der Waals surface area contributed by atoms with E-state index in [1.54, 1.807) is 6.20 Å². The van der Waals surface area contributed by atoms with Crippen LogP contribution < -0.4 is 11.1 Å². The Kier molecular flexibility index (Phi) is 4.97. The molecule has 5 aromatic heterocycles. The van der Waals surface area contributed by atoms with Gasteiger partial charge in [-0.2, -0.15) is 5.10 Å². The van der Waals surface area contributed by atoms with Crippen LogP contribution >= 0.6 is 0 Å². The van der Waals surface area contributed by atoms with Crippen molar-refractivity contribution in [2.24, 2.45) is 0 Å². The first-order valence-electron chi connectivity index (χ1n) is 12.6. The highest BCUT2D eigenvalue weighted by Crippen LogP contribution is 2.36. The summed E-state index contributed by atoms with van der Waals surface area (Å²) < 4.78 is 4.17. The molecule has 0 aromatic carbocycles. The Morgan fingerprint density at radius 3 is 2.92 bits per heavy atom. The molecule has 186 valence electrons. The Morgan fingerprint density at radius 2 is 2.00 bits per heavy atom. The summed E-state index contributed by atoms with van der Waals surface area (Å²) in [4.78, 5) is 18.3. The normalized spacial score (nSPS) is 16.6. The number of pyridine rings is 3. The van der Waals surface area contributed by atoms with E-state index in [2.05, 4.69) is 35.9 Å². The van der Waals surface area contributed by atoms with E-state index in [4.69, 9.17) is 10.8 Å². The lowest BCUT2D eigenvalue weighted by Crippen LogP contribution is -2.13. The van der Waals surface area contributed by atoms with Gasteiger partial charge >= 0.3 is 0 Å². The first-order chi connectivity index (χ1) is 18.0. The van der Waals surface area contributed by atoms with Crippen molar-refractivity contribution in [1.29, 1.82) is 0 Å². The molecule has 0 fully saturated rings. The minimum atomic E-state index is -0.487. The van der Waals surface area contributed by atoms with Crippen LogP contribution in [0.3, 0.4) is 0 Å². The molecule has 0 saturated carbocycles. The van der Waals surface area contributed by atoms with Crippen molar-refractivity contribution in [3.63, 3.8) is 0 Å². The van der Waals surface area contributed by atoms with E-state index in [-0.39, 0.29) is 0 Å². The summed E-state index contributed by atoms with van der Waals surface area (Å²) in [7, 11) is 0. The van der Waals surface area contributed by atoms with Crippen LogP contribution in [0.25, 0.3) is 22.0 Å². The first kappa shape index (κ1) is 21.9. The van der Waals surface area contributed by atoms with Crippen molar-refractivity contribution in [2.45, 2.75) is 51.8 Å². The third kappa shape index (κ3) is 3.72. The topological polar surface area (TPSA) is 133 Å². The second-order valence-electron chi connectivity index (χ2n) is 9.84. The second-order valence-corrected chi connectivity index (χ2v) is 9.84. The zero-order valence-electron chi connectivity index (χ0n) is 20.5. The third-order valence-electron chi connectivity index (χ3n) is 7.53. The molecule has 37 heavy (non-hydrogen) atoms. The van der Waals surface area contributed by atoms with Gasteiger partial charge in [0.1, 0.15) is 17.5 Å². The molecule has 1 unspecified atom stereocenters. The number of imidazole rings is 1. The molecule has 0 saturated heterocycles. The number of aliphatic hydroxyl groups is 1. The number of aryl methyl sites for hydroxylation is 3. The lowest BCUT2D eigenvalue weighted by Gasteiger charge is -2.24. The molecule has 1 aliphatic carbocycles. The maximum absolute atomic E-state index is 10.6. The van der Waals surface area contributed by atoms with Crippen molar-refractivity contribution in [2.75, 3.05) is 11.1 Å². The fourth-order valence-electron chi connectivity index (χ4n) is 5.61. The maximum Gasteiger partial charge on any atom is 0.153 e. The van der Waals surface area contributed by atoms with E-state index in [0.29, 0.717) is 18.2 Å². The summed E-state index contributed by atoms with van der Waals surface area (Å²) in [5.74, 6) is 2.84. The third-order valence-corrected chi connectivity index (χ3v) is 7.53. The Balaban J connectivity index is 1.22. The fourth-order valence-corrected chi connectivity index (χ4v) is 5.61. The van der Waals surface area contributed by atoms with Crippen LogP contribution in [0, 0.1) is 6.92 Å². The Bertz CT molecular complexity index is 1670. The molecule has 1 aliphatic heterocycles. The van der Waals surface area contributed by atoms with Gasteiger partial charge in [0, 0.05) is 71.7 Å². The second kappa shape index (κ2) is 8.38. The van der Waals surface area contributed by atoms with Crippen molar-refractivity contribution in [3.05, 3.63) is 71.3 Å². The molecule has 6 heterocycles. The van der Waals surface area contributed by atoms with Crippen LogP contribution in [0.15, 0.2) is 43.0 Å². The molecule has 0 spiro atoms. The molecule has 7 rings (SSSR count). The van der Waals surface area contributed by atoms with Crippen LogP contribution in [0.5, 0.6) is 0 Å². The van der Waals surface area contributed by atoms with E-state index < -0.39 is 6.10 Å². The minimum absolute atomic E-state index is 0.411. The summed E-state index contributed by atoms with van der Waals surface area (Å²) in [5, 5.41) is 20.4. The van der Waals surface area contributed by atoms with Gasteiger partial charge in [0.25, 0.3) is 0 Å². The number of rotatable bonds is 3. The van der Waals surface area contributed by atoms with Gasteiger partial charge < -0.3 is 20.7 Å². The number of hydrogen-bond donors (Lipinski definition) is 3. The molecule has 0 radical (unpaired) electrons. The van der Waals surface area contributed by atoms with Crippen LogP contribution in [-0.2, 0) is 25.9 Å². The standard InChI is InChI=1S/C27H27N9O/c1-15-18(12-30-20-3-2-4-22(37)26(15)20)21-9-16-10-23(31-13-19(16)27(28)32-21)33-24-11-17-5-7-35-8-6-29-25(35)14-36(17)34-24/h6,8-13,22,37H,2-5,7,14H2,1H3,(H2,28,32)(H,31,33,34). The zero-order valence-corrected chi connectivity index (χ0v) is 20.5. The Labute approximate surface area is 213 Å². The predicted octanol–water partition coefficient (Wildman–Crippen LogP) is 3.69. The van der Waals surface area contributed by atoms with Crippen molar-refractivity contribution >= 4 is 28.2 Å². The number of aromatic nitrogens is 7. The van der Waals surface area contributed by atoms with Crippen molar-refractivity contribution in [3.8, 4) is 11.3 Å². The van der Waals surface area contributed by atoms with Gasteiger partial charge in [-0.05, 0) is 49.3 Å². The van der Waals surface area contributed by atoms with E-state index in [1.165, 1.54) is 0 Å². The Hall–Kier alpha value is -4.31. The SMILES string of the molecule is Cc1c(-c2cc3cc(Nc4cc5n(n4)Cc4nccn4CC5)ncc3c(N)n2)cnc2c1C(O)CCC2. The number of nitrogens with two attached hydrogens (primary N) is 1. The highest BCUT2D eigenvalue weighted by Gasteiger charge is 2.24. The predicted molar refractivity (Wildman–Crippen MR) is 140 cm³/mol. The molecule has 10 heteroatoms. The van der Waals surface area contributed by atoms with Crippen LogP contribution in [-0.4, -0.2) is 39.4 Å². The molecule has 5 aromatic rings. The van der Waals surface area contributed by atoms with Crippen molar-refractivity contribution < 1.29 is 5.11 Å². The number of anilines is 3. The summed E-state index contributed by atoms with van der Waals surface area (Å²) in [6, 6.07) is 6.04. The molecular formula is C27H27N9O. The molecule has 0 bridgehead atoms. The van der Waals surface area contributed by atoms with E-state index in [1.807, 2.05) is 42.3 Å². The number of nitrogens with zero attached hydrogens (tertiary/aromatic N) is 7. The monoisotopic (exact) mass is 493 g/mol. The highest BCUT2D eigenvalue weighted by atomic mass is 16.3. The van der Waals surface area contributed by atoms with Crippen molar-refractivity contribution in [1.82, 2.24) is 34.3 Å². The molecule has 4 N–H and O–H groups in total. The Morgan fingerprint density at radius 1 is 1.08 bits per heavy atom. The quantitative estimate of drug-likeness (QED) is 0.347. The minimum Gasteiger partial charge on any atom is -0.388 e. The molecule has 10 nitrogen and oxygen atoms in total. The van der Waals surface area contributed by atoms with Gasteiger partial charge in [-0.15, -0.1) is 0 Å². The van der Waals surface area contributed by atoms with Gasteiger partial charge in [-0.3, -0.25) is 9.67 Å². The van der Waals surface area contributed by atoms with Gasteiger partial charge in [-0.25, -0.2) is 15.0 Å². The fraction of sp³-hybridized carbons (Fsp3) is 0.296. The lowest BCUT2D eigenvalue weighted by molar-refractivity contribution is 0.155. The van der Waals surface area contributed by atoms with E-state index >= 15 is 0 Å². The molecule has 1 atom stereocenters. The average Bonchev–Trinajstić information content (AvgIpc) is 3.45. The molecule has 2 aliphatic rings. The van der Waals surface area contributed by atoms with Gasteiger partial charge in [-0.1, -0.05) is 0 Å². The highest BCUT2D eigenvalue weighted by molar-refractivity contribution is 5.94. The average molecular weight is 494 g/mol. The largest absolute Gasteiger partial charge is 0.388 e. The summed E-state index contributed by atoms with van der Waals surface area (Å²) in [6.07, 6.45) is 10.4. The number of aliphatic hydroxyl groups excluding tert-OH is 1. The van der Waals surface area contributed by atoms with Gasteiger partial charge in [0.15, 0.2) is 5.82 Å². The number of nitrogen functional groups attached to an aromatic ring is 1. The number of fused-ring (bicyclic) bond motifs is 4. The number of hydrogen-bond acceptors (Lipinski definition) is 8. The first-order valence-corrected chi connectivity index (χ1v) is 12.6. The van der Waals surface area contributed by atoms with Crippen LogP contribution in [0.2, 0.25) is 0 Å². The molecular weight excluding hydrogens is 466 g/mol. The van der Waals surface area contributed by atoms with Crippen LogP contribution in [0.1, 0.15) is 47.3 Å². The number of nitrogens with one attached hydrogen (secondary N) is 1. The van der Waals surface area contributed by atoms with Gasteiger partial charge in [0.05, 0.1) is 18.3 Å². The van der Waals surface area contributed by atoms with E-state index in [9.17, 15) is 5.11 Å². The summed E-state index contributed by atoms with van der Waals surface area (Å²) in [5.41, 5.74) is 12.1. The van der Waals surface area contributed by atoms with Gasteiger partial charge in [0.2, 0.25) is 0 Å². The zero-order chi connectivity index (χ0) is 25.1. The van der Waals surface area contributed by atoms with E-state index in [0.717, 1.165) is 88.4 Å². The lowest BCUT2D eigenvalue weighted by atomic mass is 9.88. The smallest absolute Gasteiger partial charge is 0.153 e. The van der Waals surface area contributed by atoms with Crippen LogP contribution in [0.4, 0.5) is 17.5 Å². The summed E-state index contributed by atoms with van der Waals surface area (Å²) >= 11 is 0. The molecule has 0 amide bonds. The summed E-state index contributed by atoms with van der Waals surface area (Å²) in [6.45, 7) is 3.56. The maximum atomic E-state index is 10.6.